The minimum absolute atomic E-state index is 0.196. The Bertz CT molecular complexity index is 355. The first-order chi connectivity index (χ1) is 7.09. The van der Waals surface area contributed by atoms with Gasteiger partial charge in [0, 0.05) is 17.5 Å². The Morgan fingerprint density at radius 1 is 1.27 bits per heavy atom. The van der Waals surface area contributed by atoms with Gasteiger partial charge in [-0.25, -0.2) is 8.78 Å². The second kappa shape index (κ2) is 3.56. The topological polar surface area (TPSA) is 26.0 Å². The maximum atomic E-state index is 13.7. The maximum Gasteiger partial charge on any atom is 0.130 e. The smallest absolute Gasteiger partial charge is 0.130 e. The molecular formula is C12H15F2N. The van der Waals surface area contributed by atoms with Crippen molar-refractivity contribution in [2.24, 2.45) is 5.73 Å². The van der Waals surface area contributed by atoms with E-state index >= 15 is 0 Å². The molecule has 0 unspecified atom stereocenters. The zero-order chi connectivity index (χ0) is 11.1. The van der Waals surface area contributed by atoms with Gasteiger partial charge in [0.15, 0.2) is 0 Å². The predicted octanol–water partition coefficient (Wildman–Crippen LogP) is 2.65. The van der Waals surface area contributed by atoms with Gasteiger partial charge in [-0.1, -0.05) is 6.42 Å². The Morgan fingerprint density at radius 2 is 1.80 bits per heavy atom. The fourth-order valence-electron chi connectivity index (χ4n) is 2.37. The van der Waals surface area contributed by atoms with Crippen LogP contribution in [0.2, 0.25) is 0 Å². The van der Waals surface area contributed by atoms with Crippen molar-refractivity contribution in [3.63, 3.8) is 0 Å². The molecule has 15 heavy (non-hydrogen) atoms. The Balaban J connectivity index is 2.52. The third kappa shape index (κ3) is 1.55. The lowest BCUT2D eigenvalue weighted by Crippen LogP contribution is -2.43. The van der Waals surface area contributed by atoms with Gasteiger partial charge in [-0.15, -0.1) is 0 Å². The van der Waals surface area contributed by atoms with Gasteiger partial charge in [-0.05, 0) is 37.5 Å². The van der Waals surface area contributed by atoms with Gasteiger partial charge in [0.05, 0.1) is 0 Å². The maximum absolute atomic E-state index is 13.7. The van der Waals surface area contributed by atoms with Crippen LogP contribution in [0.3, 0.4) is 0 Å². The number of aryl methyl sites for hydroxylation is 1. The number of benzene rings is 1. The molecule has 2 rings (SSSR count). The van der Waals surface area contributed by atoms with E-state index in [1.54, 1.807) is 6.92 Å². The summed E-state index contributed by atoms with van der Waals surface area (Å²) < 4.78 is 27.4. The summed E-state index contributed by atoms with van der Waals surface area (Å²) in [5, 5.41) is 0. The van der Waals surface area contributed by atoms with Crippen LogP contribution in [0, 0.1) is 18.6 Å². The monoisotopic (exact) mass is 211 g/mol. The normalized spacial score (nSPS) is 18.7. The largest absolute Gasteiger partial charge is 0.330 e. The molecule has 0 aliphatic heterocycles. The van der Waals surface area contributed by atoms with Crippen LogP contribution < -0.4 is 5.73 Å². The van der Waals surface area contributed by atoms with Crippen molar-refractivity contribution in [2.45, 2.75) is 31.6 Å². The van der Waals surface area contributed by atoms with Crippen molar-refractivity contribution in [2.75, 3.05) is 6.54 Å². The molecule has 0 spiro atoms. The molecule has 0 heterocycles. The molecular weight excluding hydrogens is 196 g/mol. The van der Waals surface area contributed by atoms with E-state index in [4.69, 9.17) is 5.73 Å². The minimum atomic E-state index is -0.447. The van der Waals surface area contributed by atoms with Crippen molar-refractivity contribution in [3.05, 3.63) is 34.9 Å². The minimum Gasteiger partial charge on any atom is -0.330 e. The lowest BCUT2D eigenvalue weighted by Gasteiger charge is -2.41. The zero-order valence-electron chi connectivity index (χ0n) is 8.82. The molecule has 2 N–H and O–H groups in total. The fraction of sp³-hybridized carbons (Fsp3) is 0.500. The highest BCUT2D eigenvalue weighted by atomic mass is 19.1. The Kier molecular flexibility index (Phi) is 2.51. The third-order valence-electron chi connectivity index (χ3n) is 3.42. The van der Waals surface area contributed by atoms with Crippen molar-refractivity contribution in [1.82, 2.24) is 0 Å². The van der Waals surface area contributed by atoms with E-state index in [9.17, 15) is 8.78 Å². The average molecular weight is 211 g/mol. The highest BCUT2D eigenvalue weighted by molar-refractivity contribution is 5.34. The molecule has 1 fully saturated rings. The Hall–Kier alpha value is -0.960. The highest BCUT2D eigenvalue weighted by Gasteiger charge is 2.41. The van der Waals surface area contributed by atoms with Crippen LogP contribution in [-0.4, -0.2) is 6.54 Å². The summed E-state index contributed by atoms with van der Waals surface area (Å²) in [6.07, 6.45) is 2.59. The van der Waals surface area contributed by atoms with Crippen LogP contribution in [0.4, 0.5) is 8.78 Å². The highest BCUT2D eigenvalue weighted by Crippen LogP contribution is 2.44. The van der Waals surface area contributed by atoms with Crippen molar-refractivity contribution < 1.29 is 8.78 Å². The lowest BCUT2D eigenvalue weighted by atomic mass is 9.64. The van der Waals surface area contributed by atoms with Gasteiger partial charge in [-0.3, -0.25) is 0 Å². The predicted molar refractivity (Wildman–Crippen MR) is 55.7 cm³/mol. The third-order valence-corrected chi connectivity index (χ3v) is 3.42. The summed E-state index contributed by atoms with van der Waals surface area (Å²) in [5.74, 6) is -0.893. The molecule has 0 atom stereocenters. The molecule has 1 aliphatic rings. The molecule has 0 aromatic heterocycles. The molecule has 1 aliphatic carbocycles. The first-order valence-corrected chi connectivity index (χ1v) is 5.25. The summed E-state index contributed by atoms with van der Waals surface area (Å²) in [7, 11) is 0. The first-order valence-electron chi connectivity index (χ1n) is 5.25. The van der Waals surface area contributed by atoms with E-state index in [0.717, 1.165) is 19.3 Å². The Labute approximate surface area is 88.3 Å². The molecule has 1 saturated carbocycles. The summed E-state index contributed by atoms with van der Waals surface area (Å²) in [4.78, 5) is 0. The standard InChI is InChI=1S/C12H15F2N/c1-8-5-9(13)11(10(14)6-8)12(7-15)3-2-4-12/h5-6H,2-4,7,15H2,1H3. The average Bonchev–Trinajstić information content (AvgIpc) is 2.07. The quantitative estimate of drug-likeness (QED) is 0.799. The van der Waals surface area contributed by atoms with Crippen LogP contribution in [-0.2, 0) is 5.41 Å². The lowest BCUT2D eigenvalue weighted by molar-refractivity contribution is 0.235. The first kappa shape index (κ1) is 10.6. The SMILES string of the molecule is Cc1cc(F)c(C2(CN)CCC2)c(F)c1. The van der Waals surface area contributed by atoms with E-state index in [0.29, 0.717) is 12.1 Å². The summed E-state index contributed by atoms with van der Waals surface area (Å²) in [6.45, 7) is 2.01. The van der Waals surface area contributed by atoms with E-state index in [1.807, 2.05) is 0 Å². The number of halogens is 2. The van der Waals surface area contributed by atoms with Crippen LogP contribution in [0.5, 0.6) is 0 Å². The van der Waals surface area contributed by atoms with Crippen molar-refractivity contribution in [1.29, 1.82) is 0 Å². The number of nitrogens with two attached hydrogens (primary N) is 1. The fourth-order valence-corrected chi connectivity index (χ4v) is 2.37. The van der Waals surface area contributed by atoms with E-state index in [1.165, 1.54) is 12.1 Å². The van der Waals surface area contributed by atoms with Crippen molar-refractivity contribution >= 4 is 0 Å². The molecule has 3 heteroatoms. The van der Waals surface area contributed by atoms with Crippen LogP contribution in [0.1, 0.15) is 30.4 Å². The van der Waals surface area contributed by atoms with Gasteiger partial charge in [0.25, 0.3) is 0 Å². The second-order valence-corrected chi connectivity index (χ2v) is 4.44. The Morgan fingerprint density at radius 3 is 2.13 bits per heavy atom. The molecule has 82 valence electrons. The number of hydrogen-bond donors (Lipinski definition) is 1. The van der Waals surface area contributed by atoms with Gasteiger partial charge >= 0.3 is 0 Å². The van der Waals surface area contributed by atoms with Crippen molar-refractivity contribution in [3.8, 4) is 0 Å². The molecule has 0 bridgehead atoms. The zero-order valence-corrected chi connectivity index (χ0v) is 8.82. The summed E-state index contributed by atoms with van der Waals surface area (Å²) in [5.41, 5.74) is 6.01. The number of rotatable bonds is 2. The molecule has 0 radical (unpaired) electrons. The summed E-state index contributed by atoms with van der Waals surface area (Å²) >= 11 is 0. The van der Waals surface area contributed by atoms with Crippen LogP contribution in [0.15, 0.2) is 12.1 Å². The van der Waals surface area contributed by atoms with E-state index in [-0.39, 0.29) is 5.56 Å². The van der Waals surface area contributed by atoms with Gasteiger partial charge in [0.2, 0.25) is 0 Å². The van der Waals surface area contributed by atoms with Crippen LogP contribution in [0.25, 0.3) is 0 Å². The van der Waals surface area contributed by atoms with Gasteiger partial charge < -0.3 is 5.73 Å². The molecule has 1 aromatic carbocycles. The summed E-state index contributed by atoms with van der Waals surface area (Å²) in [6, 6.07) is 2.77. The van der Waals surface area contributed by atoms with Crippen LogP contribution >= 0.6 is 0 Å². The van der Waals surface area contributed by atoms with Gasteiger partial charge in [-0.2, -0.15) is 0 Å². The van der Waals surface area contributed by atoms with Gasteiger partial charge in [0.1, 0.15) is 11.6 Å². The van der Waals surface area contributed by atoms with E-state index in [2.05, 4.69) is 0 Å². The number of hydrogen-bond acceptors (Lipinski definition) is 1. The molecule has 0 amide bonds. The molecule has 1 nitrogen and oxygen atoms in total. The molecule has 0 saturated heterocycles. The second-order valence-electron chi connectivity index (χ2n) is 4.44. The van der Waals surface area contributed by atoms with E-state index < -0.39 is 17.0 Å². The molecule has 1 aromatic rings.